The molecular weight excluding hydrogens is 300 g/mol. The number of nitrogens with one attached hydrogen (secondary N) is 1. The van der Waals surface area contributed by atoms with Crippen LogP contribution in [-0.2, 0) is 22.6 Å². The third kappa shape index (κ3) is 3.60. The molecule has 0 spiro atoms. The number of halogens is 1. The molecule has 1 N–H and O–H groups in total. The Balaban J connectivity index is 2.13. The van der Waals surface area contributed by atoms with Crippen molar-refractivity contribution in [1.82, 2.24) is 14.9 Å². The van der Waals surface area contributed by atoms with Crippen LogP contribution in [0, 0.1) is 6.92 Å². The number of carbonyl (C=O) groups excluding carboxylic acids is 1. The van der Waals surface area contributed by atoms with Gasteiger partial charge in [-0.25, -0.2) is 4.68 Å². The number of methoxy groups -OCH3 is 1. The van der Waals surface area contributed by atoms with Gasteiger partial charge in [-0.1, -0.05) is 16.8 Å². The number of hydrogen-bond acceptors (Lipinski definition) is 7. The highest BCUT2D eigenvalue weighted by molar-refractivity contribution is 6.32. The Kier molecular flexibility index (Phi) is 4.59. The molecule has 112 valence electrons. The van der Waals surface area contributed by atoms with Crippen molar-refractivity contribution in [2.45, 2.75) is 20.0 Å². The van der Waals surface area contributed by atoms with Gasteiger partial charge in [0, 0.05) is 6.07 Å². The lowest BCUT2D eigenvalue weighted by molar-refractivity contribution is -0.141. The summed E-state index contributed by atoms with van der Waals surface area (Å²) in [6.07, 6.45) is 1.36. The number of aromatic nitrogens is 3. The van der Waals surface area contributed by atoms with E-state index in [1.807, 2.05) is 0 Å². The predicted molar refractivity (Wildman–Crippen MR) is 74.1 cm³/mol. The molecular formula is C12H13ClN4O4. The summed E-state index contributed by atoms with van der Waals surface area (Å²) in [6.45, 7) is 1.82. The summed E-state index contributed by atoms with van der Waals surface area (Å²) < 4.78 is 10.3. The maximum absolute atomic E-state index is 11.9. The third-order valence-corrected chi connectivity index (χ3v) is 2.99. The molecule has 8 nitrogen and oxygen atoms in total. The van der Waals surface area contributed by atoms with Gasteiger partial charge in [0.1, 0.15) is 23.0 Å². The number of esters is 1. The minimum absolute atomic E-state index is 0.0610. The Morgan fingerprint density at radius 3 is 2.95 bits per heavy atom. The molecule has 0 saturated heterocycles. The summed E-state index contributed by atoms with van der Waals surface area (Å²) >= 11 is 5.96. The van der Waals surface area contributed by atoms with Crippen LogP contribution in [0.25, 0.3) is 0 Å². The summed E-state index contributed by atoms with van der Waals surface area (Å²) in [5.41, 5.74) is 0.439. The first kappa shape index (κ1) is 15.0. The fraction of sp³-hybridized carbons (Fsp3) is 0.333. The van der Waals surface area contributed by atoms with Crippen molar-refractivity contribution in [1.29, 1.82) is 0 Å². The van der Waals surface area contributed by atoms with E-state index in [4.69, 9.17) is 16.1 Å². The second-order valence-electron chi connectivity index (χ2n) is 4.19. The minimum Gasteiger partial charge on any atom is -0.468 e. The van der Waals surface area contributed by atoms with Gasteiger partial charge in [-0.15, -0.1) is 0 Å². The zero-order valence-corrected chi connectivity index (χ0v) is 12.2. The lowest BCUT2D eigenvalue weighted by Gasteiger charge is -2.08. The first-order valence-corrected chi connectivity index (χ1v) is 6.37. The van der Waals surface area contributed by atoms with Crippen molar-refractivity contribution in [3.8, 4) is 0 Å². The summed E-state index contributed by atoms with van der Waals surface area (Å²) in [5, 5.41) is 10.5. The Morgan fingerprint density at radius 1 is 1.57 bits per heavy atom. The first-order chi connectivity index (χ1) is 10.0. The van der Waals surface area contributed by atoms with Gasteiger partial charge in [0.25, 0.3) is 5.56 Å². The van der Waals surface area contributed by atoms with Crippen LogP contribution in [0.5, 0.6) is 0 Å². The SMILES string of the molecule is COC(=O)Cn1ncc(NCc2cc(C)on2)c(Cl)c1=O. The maximum Gasteiger partial charge on any atom is 0.327 e. The Morgan fingerprint density at radius 2 is 2.33 bits per heavy atom. The smallest absolute Gasteiger partial charge is 0.327 e. The highest BCUT2D eigenvalue weighted by atomic mass is 35.5. The highest BCUT2D eigenvalue weighted by Gasteiger charge is 2.12. The van der Waals surface area contributed by atoms with Crippen LogP contribution in [0.1, 0.15) is 11.5 Å². The van der Waals surface area contributed by atoms with Crippen molar-refractivity contribution in [2.75, 3.05) is 12.4 Å². The largest absolute Gasteiger partial charge is 0.468 e. The lowest BCUT2D eigenvalue weighted by atomic mass is 10.3. The summed E-state index contributed by atoms with van der Waals surface area (Å²) in [6, 6.07) is 1.76. The van der Waals surface area contributed by atoms with E-state index in [-0.39, 0.29) is 11.6 Å². The van der Waals surface area contributed by atoms with E-state index in [2.05, 4.69) is 20.3 Å². The van der Waals surface area contributed by atoms with Gasteiger partial charge >= 0.3 is 5.97 Å². The third-order valence-electron chi connectivity index (χ3n) is 2.63. The summed E-state index contributed by atoms with van der Waals surface area (Å²) in [5.74, 6) is 0.101. The summed E-state index contributed by atoms with van der Waals surface area (Å²) in [7, 11) is 1.23. The van der Waals surface area contributed by atoms with Crippen LogP contribution in [-0.4, -0.2) is 28.0 Å². The van der Waals surface area contributed by atoms with E-state index in [0.29, 0.717) is 23.7 Å². The molecule has 9 heteroatoms. The van der Waals surface area contributed by atoms with Gasteiger partial charge in [0.15, 0.2) is 0 Å². The molecule has 0 aliphatic rings. The van der Waals surface area contributed by atoms with Gasteiger partial charge in [-0.05, 0) is 6.92 Å². The number of aryl methyl sites for hydroxylation is 1. The van der Waals surface area contributed by atoms with Crippen LogP contribution >= 0.6 is 11.6 Å². The van der Waals surface area contributed by atoms with E-state index in [1.165, 1.54) is 13.3 Å². The van der Waals surface area contributed by atoms with Crippen LogP contribution in [0.4, 0.5) is 5.69 Å². The molecule has 2 heterocycles. The molecule has 0 bridgehead atoms. The molecule has 0 aliphatic carbocycles. The lowest BCUT2D eigenvalue weighted by Crippen LogP contribution is -2.28. The average molecular weight is 313 g/mol. The van der Waals surface area contributed by atoms with Crippen LogP contribution in [0.15, 0.2) is 21.6 Å². The average Bonchev–Trinajstić information content (AvgIpc) is 2.88. The quantitative estimate of drug-likeness (QED) is 0.821. The zero-order valence-electron chi connectivity index (χ0n) is 11.4. The van der Waals surface area contributed by atoms with E-state index in [9.17, 15) is 9.59 Å². The Hall–Kier alpha value is -2.35. The summed E-state index contributed by atoms with van der Waals surface area (Å²) in [4.78, 5) is 23.1. The molecule has 0 aliphatic heterocycles. The molecule has 0 unspecified atom stereocenters. The number of rotatable bonds is 5. The maximum atomic E-state index is 11.9. The molecule has 2 rings (SSSR count). The molecule has 0 fully saturated rings. The van der Waals surface area contributed by atoms with E-state index >= 15 is 0 Å². The van der Waals surface area contributed by atoms with Crippen LogP contribution in [0.2, 0.25) is 5.02 Å². The van der Waals surface area contributed by atoms with E-state index < -0.39 is 11.5 Å². The van der Waals surface area contributed by atoms with Crippen LogP contribution in [0.3, 0.4) is 0 Å². The van der Waals surface area contributed by atoms with Crippen molar-refractivity contribution in [2.24, 2.45) is 0 Å². The molecule has 0 amide bonds. The molecule has 21 heavy (non-hydrogen) atoms. The first-order valence-electron chi connectivity index (χ1n) is 5.99. The monoisotopic (exact) mass is 312 g/mol. The van der Waals surface area contributed by atoms with E-state index in [1.54, 1.807) is 13.0 Å². The van der Waals surface area contributed by atoms with Gasteiger partial charge in [0.2, 0.25) is 0 Å². The van der Waals surface area contributed by atoms with Gasteiger partial charge in [-0.2, -0.15) is 5.10 Å². The predicted octanol–water partition coefficient (Wildman–Crippen LogP) is 0.978. The van der Waals surface area contributed by atoms with Crippen molar-refractivity contribution in [3.05, 3.63) is 39.1 Å². The van der Waals surface area contributed by atoms with E-state index in [0.717, 1.165) is 4.68 Å². The van der Waals surface area contributed by atoms with Gasteiger partial charge in [-0.3, -0.25) is 9.59 Å². The topological polar surface area (TPSA) is 99.2 Å². The molecule has 0 aromatic carbocycles. The molecule has 0 radical (unpaired) electrons. The number of ether oxygens (including phenoxy) is 1. The second kappa shape index (κ2) is 6.40. The van der Waals surface area contributed by atoms with Crippen molar-refractivity contribution >= 4 is 23.3 Å². The van der Waals surface area contributed by atoms with Crippen LogP contribution < -0.4 is 10.9 Å². The van der Waals surface area contributed by atoms with Gasteiger partial charge < -0.3 is 14.6 Å². The number of nitrogens with zero attached hydrogens (tertiary/aromatic N) is 3. The Bertz CT molecular complexity index is 710. The normalized spacial score (nSPS) is 10.4. The fourth-order valence-corrected chi connectivity index (χ4v) is 1.79. The Labute approximate surface area is 124 Å². The van der Waals surface area contributed by atoms with Gasteiger partial charge in [0.05, 0.1) is 25.5 Å². The standard InChI is InChI=1S/C12H13ClN4O4/c1-7-3-8(16-21-7)4-14-9-5-15-17(6-10(18)20-2)12(19)11(9)13/h3,5,14H,4,6H2,1-2H3. The van der Waals surface area contributed by atoms with Crippen molar-refractivity contribution in [3.63, 3.8) is 0 Å². The highest BCUT2D eigenvalue weighted by Crippen LogP contribution is 2.16. The van der Waals surface area contributed by atoms with Crippen molar-refractivity contribution < 1.29 is 14.1 Å². The second-order valence-corrected chi connectivity index (χ2v) is 4.57. The molecule has 2 aromatic heterocycles. The number of anilines is 1. The minimum atomic E-state index is -0.584. The molecule has 2 aromatic rings. The molecule has 0 saturated carbocycles. The zero-order chi connectivity index (χ0) is 15.4. The fourth-order valence-electron chi connectivity index (χ4n) is 1.57. The number of carbonyl (C=O) groups is 1. The molecule has 0 atom stereocenters. The number of hydrogen-bond donors (Lipinski definition) is 1.